The number of rotatable bonds is 1. The second-order valence-electron chi connectivity index (χ2n) is 1.07. The van der Waals surface area contributed by atoms with E-state index in [4.69, 9.17) is 11.5 Å². The topological polar surface area (TPSA) is 52.0 Å². The Labute approximate surface area is 37.8 Å². The Morgan fingerprint density at radius 2 is 2.33 bits per heavy atom. The molecular weight excluding hydrogens is 76.1 g/mol. The van der Waals surface area contributed by atoms with Gasteiger partial charge in [0.2, 0.25) is 0 Å². The van der Waals surface area contributed by atoms with Crippen LogP contribution in [0.15, 0.2) is 11.8 Å². The molecule has 0 heterocycles. The normalized spacial score (nSPS) is 12.0. The summed E-state index contributed by atoms with van der Waals surface area (Å²) in [6.07, 6.45) is 1.79. The average molecular weight is 86.1 g/mol. The maximum absolute atomic E-state index is 5.21. The lowest BCUT2D eigenvalue weighted by Crippen LogP contribution is -2.09. The zero-order chi connectivity index (χ0) is 4.99. The molecule has 0 aromatic carbocycles. The van der Waals surface area contributed by atoms with Gasteiger partial charge < -0.3 is 11.5 Å². The highest BCUT2D eigenvalue weighted by Gasteiger charge is 1.73. The molecule has 0 aliphatic rings. The van der Waals surface area contributed by atoms with Crippen LogP contribution in [-0.2, 0) is 0 Å². The molecule has 0 atom stereocenters. The third-order valence-corrected chi connectivity index (χ3v) is 0.606. The Balaban J connectivity index is 3.22. The van der Waals surface area contributed by atoms with Crippen molar-refractivity contribution in [2.45, 2.75) is 6.92 Å². The van der Waals surface area contributed by atoms with E-state index in [1.165, 1.54) is 0 Å². The van der Waals surface area contributed by atoms with Crippen LogP contribution in [0.25, 0.3) is 0 Å². The van der Waals surface area contributed by atoms with Crippen LogP contribution in [-0.4, -0.2) is 6.54 Å². The summed E-state index contributed by atoms with van der Waals surface area (Å²) in [6.45, 7) is 2.33. The van der Waals surface area contributed by atoms with Gasteiger partial charge in [0.05, 0.1) is 0 Å². The van der Waals surface area contributed by atoms with Crippen LogP contribution in [0.1, 0.15) is 6.92 Å². The molecule has 0 saturated carbocycles. The van der Waals surface area contributed by atoms with Crippen molar-refractivity contribution in [1.82, 2.24) is 0 Å². The minimum Gasteiger partial charge on any atom is -0.401 e. The van der Waals surface area contributed by atoms with Gasteiger partial charge in [-0.15, -0.1) is 0 Å². The summed E-state index contributed by atoms with van der Waals surface area (Å²) < 4.78 is 0. The molecule has 0 bridgehead atoms. The smallest absolute Gasteiger partial charge is 0.0323 e. The van der Waals surface area contributed by atoms with Gasteiger partial charge in [0.1, 0.15) is 0 Å². The van der Waals surface area contributed by atoms with E-state index in [1.807, 2.05) is 6.92 Å². The molecule has 0 aromatic heterocycles. The second kappa shape index (κ2) is 2.72. The Bertz CT molecular complexity index is 56.6. The van der Waals surface area contributed by atoms with Crippen molar-refractivity contribution in [2.24, 2.45) is 11.5 Å². The monoisotopic (exact) mass is 86.1 g/mol. The summed E-state index contributed by atoms with van der Waals surface area (Å²) in [5, 5.41) is 0. The molecule has 0 unspecified atom stereocenters. The molecule has 0 saturated heterocycles. The largest absolute Gasteiger partial charge is 0.401 e. The zero-order valence-corrected chi connectivity index (χ0v) is 3.94. The maximum atomic E-state index is 5.21. The van der Waals surface area contributed by atoms with Gasteiger partial charge in [0.15, 0.2) is 0 Å². The van der Waals surface area contributed by atoms with E-state index in [-0.39, 0.29) is 0 Å². The van der Waals surface area contributed by atoms with Gasteiger partial charge in [-0.2, -0.15) is 0 Å². The van der Waals surface area contributed by atoms with Gasteiger partial charge in [0, 0.05) is 12.2 Å². The molecule has 0 aromatic rings. The van der Waals surface area contributed by atoms with Crippen molar-refractivity contribution in [3.05, 3.63) is 11.8 Å². The summed E-state index contributed by atoms with van der Waals surface area (Å²) in [5.74, 6) is 0. The first kappa shape index (κ1) is 5.50. The van der Waals surface area contributed by atoms with E-state index < -0.39 is 0 Å². The van der Waals surface area contributed by atoms with E-state index >= 15 is 0 Å². The van der Waals surface area contributed by atoms with Crippen LogP contribution in [0.4, 0.5) is 0 Å². The van der Waals surface area contributed by atoms with Crippen molar-refractivity contribution >= 4 is 0 Å². The molecule has 0 aliphatic carbocycles. The van der Waals surface area contributed by atoms with Crippen LogP contribution < -0.4 is 11.5 Å². The summed E-state index contributed by atoms with van der Waals surface area (Å²) in [7, 11) is 0. The first-order valence-electron chi connectivity index (χ1n) is 1.92. The molecular formula is C4H10N2. The average Bonchev–Trinajstić information content (AvgIpc) is 1.65. The van der Waals surface area contributed by atoms with E-state index in [0.717, 1.165) is 5.70 Å². The second-order valence-corrected chi connectivity index (χ2v) is 1.07. The molecule has 36 valence electrons. The van der Waals surface area contributed by atoms with E-state index in [9.17, 15) is 0 Å². The molecule has 4 N–H and O–H groups in total. The van der Waals surface area contributed by atoms with Gasteiger partial charge in [-0.05, 0) is 6.92 Å². The Hall–Kier alpha value is -0.500. The van der Waals surface area contributed by atoms with Crippen molar-refractivity contribution in [1.29, 1.82) is 0 Å². The lowest BCUT2D eigenvalue weighted by atomic mass is 10.4. The summed E-state index contributed by atoms with van der Waals surface area (Å²) in [4.78, 5) is 0. The zero-order valence-electron chi connectivity index (χ0n) is 3.94. The SMILES string of the molecule is C/C=C(/N)CN. The minimum atomic E-state index is 0.469. The standard InChI is InChI=1S/C4H10N2/c1-2-4(6)3-5/h2H,3,5-6H2,1H3/b4-2+. The van der Waals surface area contributed by atoms with Gasteiger partial charge in [-0.25, -0.2) is 0 Å². The van der Waals surface area contributed by atoms with Gasteiger partial charge in [-0.3, -0.25) is 0 Å². The fraction of sp³-hybridized carbons (Fsp3) is 0.500. The minimum absolute atomic E-state index is 0.469. The number of nitrogens with two attached hydrogens (primary N) is 2. The molecule has 0 fully saturated rings. The Morgan fingerprint density at radius 1 is 1.83 bits per heavy atom. The Kier molecular flexibility index (Phi) is 2.50. The van der Waals surface area contributed by atoms with Gasteiger partial charge >= 0.3 is 0 Å². The first-order valence-corrected chi connectivity index (χ1v) is 1.92. The Morgan fingerprint density at radius 3 is 2.33 bits per heavy atom. The van der Waals surface area contributed by atoms with E-state index in [1.54, 1.807) is 6.08 Å². The lowest BCUT2D eigenvalue weighted by Gasteiger charge is -1.87. The highest BCUT2D eigenvalue weighted by molar-refractivity contribution is 4.94. The van der Waals surface area contributed by atoms with Crippen molar-refractivity contribution in [3.63, 3.8) is 0 Å². The predicted octanol–water partition coefficient (Wildman–Crippen LogP) is -0.192. The first-order chi connectivity index (χ1) is 2.81. The van der Waals surface area contributed by atoms with Gasteiger partial charge in [-0.1, -0.05) is 6.08 Å². The summed E-state index contributed by atoms with van der Waals surface area (Å²) >= 11 is 0. The molecule has 0 aliphatic heterocycles. The van der Waals surface area contributed by atoms with Crippen molar-refractivity contribution in [2.75, 3.05) is 6.54 Å². The summed E-state index contributed by atoms with van der Waals surface area (Å²) in [6, 6.07) is 0. The molecule has 0 rings (SSSR count). The molecule has 2 heteroatoms. The van der Waals surface area contributed by atoms with E-state index in [0.29, 0.717) is 6.54 Å². The number of allylic oxidation sites excluding steroid dienone is 1. The summed E-state index contributed by atoms with van der Waals surface area (Å²) in [5.41, 5.74) is 11.0. The van der Waals surface area contributed by atoms with Crippen LogP contribution >= 0.6 is 0 Å². The van der Waals surface area contributed by atoms with E-state index in [2.05, 4.69) is 0 Å². The molecule has 2 nitrogen and oxygen atoms in total. The third kappa shape index (κ3) is 1.79. The van der Waals surface area contributed by atoms with Crippen molar-refractivity contribution in [3.8, 4) is 0 Å². The highest BCUT2D eigenvalue weighted by Crippen LogP contribution is 1.71. The van der Waals surface area contributed by atoms with Gasteiger partial charge in [0.25, 0.3) is 0 Å². The van der Waals surface area contributed by atoms with Crippen molar-refractivity contribution < 1.29 is 0 Å². The maximum Gasteiger partial charge on any atom is 0.0323 e. The van der Waals surface area contributed by atoms with Crippen LogP contribution in [0.3, 0.4) is 0 Å². The fourth-order valence-electron chi connectivity index (χ4n) is 0.118. The quantitative estimate of drug-likeness (QED) is 0.464. The lowest BCUT2D eigenvalue weighted by molar-refractivity contribution is 1.10. The van der Waals surface area contributed by atoms with Crippen LogP contribution in [0.2, 0.25) is 0 Å². The van der Waals surface area contributed by atoms with Crippen LogP contribution in [0, 0.1) is 0 Å². The number of hydrogen-bond acceptors (Lipinski definition) is 2. The highest BCUT2D eigenvalue weighted by atomic mass is 14.7. The molecule has 0 radical (unpaired) electrons. The fourth-order valence-corrected chi connectivity index (χ4v) is 0.118. The molecule has 0 spiro atoms. The molecule has 6 heavy (non-hydrogen) atoms. The van der Waals surface area contributed by atoms with Crippen LogP contribution in [0.5, 0.6) is 0 Å². The molecule has 0 amide bonds. The predicted molar refractivity (Wildman–Crippen MR) is 27.0 cm³/mol. The third-order valence-electron chi connectivity index (χ3n) is 0.606. The number of hydrogen-bond donors (Lipinski definition) is 2.